The van der Waals surface area contributed by atoms with E-state index in [-0.39, 0.29) is 29.8 Å². The van der Waals surface area contributed by atoms with Crippen LogP contribution in [0.15, 0.2) is 24.3 Å². The van der Waals surface area contributed by atoms with Crippen molar-refractivity contribution in [3.8, 4) is 0 Å². The van der Waals surface area contributed by atoms with Crippen molar-refractivity contribution in [1.29, 1.82) is 0 Å². The fourth-order valence-electron chi connectivity index (χ4n) is 3.08. The van der Waals surface area contributed by atoms with Crippen LogP contribution in [-0.4, -0.2) is 28.9 Å². The molecule has 0 radical (unpaired) electrons. The van der Waals surface area contributed by atoms with E-state index in [0.717, 1.165) is 12.0 Å². The first kappa shape index (κ1) is 18.5. The smallest absolute Gasteiger partial charge is 0.240 e. The number of hydrogen-bond acceptors (Lipinski definition) is 4. The Hall–Kier alpha value is -1.82. The number of rotatable bonds is 4. The molecule has 6 heteroatoms. The average molecular weight is 348 g/mol. The number of nitrogens with two attached hydrogens (primary N) is 1. The number of ketones is 1. The van der Waals surface area contributed by atoms with E-state index < -0.39 is 17.9 Å². The number of carbonyl (C=O) groups is 3. The van der Waals surface area contributed by atoms with Gasteiger partial charge in [-0.1, -0.05) is 38.1 Å². The van der Waals surface area contributed by atoms with Crippen molar-refractivity contribution >= 4 is 30.2 Å². The highest BCUT2D eigenvalue weighted by molar-refractivity contribution is 7.81. The number of thiol groups is 1. The van der Waals surface area contributed by atoms with Gasteiger partial charge in [0.05, 0.1) is 0 Å². The normalized spacial score (nSPS) is 22.8. The summed E-state index contributed by atoms with van der Waals surface area (Å²) in [4.78, 5) is 37.0. The monoisotopic (exact) mass is 348 g/mol. The highest BCUT2D eigenvalue weighted by atomic mass is 32.1. The van der Waals surface area contributed by atoms with E-state index in [0.29, 0.717) is 11.5 Å². The standard InChI is InChI=1S/C18H24N2O3S/c1-10(2)7-15(24)13-9-16(21)20-14(18(19)23)8-11-5-3-4-6-12(11)17(13)22/h3-6,10,13-15,24H,7-9H2,1-2H3,(H2,19,23)(H,20,21)/t13-,14?,15+/m1/s1. The fourth-order valence-corrected chi connectivity index (χ4v) is 3.75. The van der Waals surface area contributed by atoms with E-state index in [9.17, 15) is 14.4 Å². The van der Waals surface area contributed by atoms with Gasteiger partial charge in [-0.3, -0.25) is 14.4 Å². The van der Waals surface area contributed by atoms with Gasteiger partial charge in [0, 0.05) is 29.6 Å². The molecule has 0 fully saturated rings. The minimum absolute atomic E-state index is 0.0117. The van der Waals surface area contributed by atoms with Gasteiger partial charge in [-0.25, -0.2) is 0 Å². The van der Waals surface area contributed by atoms with Crippen LogP contribution in [0.4, 0.5) is 0 Å². The summed E-state index contributed by atoms with van der Waals surface area (Å²) in [5, 5.41) is 2.44. The molecule has 0 bridgehead atoms. The van der Waals surface area contributed by atoms with E-state index in [1.54, 1.807) is 18.2 Å². The molecular formula is C18H24N2O3S. The highest BCUT2D eigenvalue weighted by Gasteiger charge is 2.34. The fraction of sp³-hybridized carbons (Fsp3) is 0.500. The van der Waals surface area contributed by atoms with Crippen LogP contribution >= 0.6 is 12.6 Å². The number of fused-ring (bicyclic) bond motifs is 1. The largest absolute Gasteiger partial charge is 0.368 e. The molecule has 1 heterocycles. The van der Waals surface area contributed by atoms with E-state index >= 15 is 0 Å². The summed E-state index contributed by atoms with van der Waals surface area (Å²) < 4.78 is 0. The van der Waals surface area contributed by atoms with Crippen LogP contribution in [0.1, 0.15) is 42.6 Å². The lowest BCUT2D eigenvalue weighted by Gasteiger charge is -2.23. The van der Waals surface area contributed by atoms with Crippen molar-refractivity contribution in [2.75, 3.05) is 0 Å². The summed E-state index contributed by atoms with van der Waals surface area (Å²) in [5.74, 6) is -1.19. The Balaban J connectivity index is 2.43. The first-order valence-corrected chi connectivity index (χ1v) is 8.70. The van der Waals surface area contributed by atoms with Crippen molar-refractivity contribution in [2.45, 2.75) is 44.4 Å². The van der Waals surface area contributed by atoms with Gasteiger partial charge in [0.15, 0.2) is 5.78 Å². The molecule has 1 aromatic rings. The van der Waals surface area contributed by atoms with Crippen LogP contribution < -0.4 is 11.1 Å². The van der Waals surface area contributed by atoms with Crippen molar-refractivity contribution < 1.29 is 14.4 Å². The topological polar surface area (TPSA) is 89.3 Å². The average Bonchev–Trinajstić information content (AvgIpc) is 2.55. The van der Waals surface area contributed by atoms with Crippen molar-refractivity contribution in [2.24, 2.45) is 17.6 Å². The minimum Gasteiger partial charge on any atom is -0.368 e. The van der Waals surface area contributed by atoms with Crippen molar-refractivity contribution in [3.05, 3.63) is 35.4 Å². The molecule has 0 spiro atoms. The Morgan fingerprint density at radius 3 is 2.58 bits per heavy atom. The molecule has 24 heavy (non-hydrogen) atoms. The predicted molar refractivity (Wildman–Crippen MR) is 95.9 cm³/mol. The van der Waals surface area contributed by atoms with Crippen LogP contribution in [0.5, 0.6) is 0 Å². The number of benzene rings is 1. The van der Waals surface area contributed by atoms with Crippen LogP contribution in [0, 0.1) is 11.8 Å². The Bertz CT molecular complexity index is 645. The van der Waals surface area contributed by atoms with E-state index in [4.69, 9.17) is 5.73 Å². The van der Waals surface area contributed by atoms with Crippen molar-refractivity contribution in [1.82, 2.24) is 5.32 Å². The summed E-state index contributed by atoms with van der Waals surface area (Å²) >= 11 is 4.59. The van der Waals surface area contributed by atoms with E-state index in [1.807, 2.05) is 6.07 Å². The maximum atomic E-state index is 13.0. The maximum absolute atomic E-state index is 13.0. The lowest BCUT2D eigenvalue weighted by Crippen LogP contribution is -2.46. The van der Waals surface area contributed by atoms with Gasteiger partial charge in [-0.2, -0.15) is 12.6 Å². The number of hydrogen-bond donors (Lipinski definition) is 3. The summed E-state index contributed by atoms with van der Waals surface area (Å²) in [6.45, 7) is 4.11. The van der Waals surface area contributed by atoms with Crippen LogP contribution in [0.2, 0.25) is 0 Å². The van der Waals surface area contributed by atoms with Gasteiger partial charge in [-0.15, -0.1) is 0 Å². The van der Waals surface area contributed by atoms with E-state index in [2.05, 4.69) is 31.8 Å². The first-order chi connectivity index (χ1) is 11.3. The van der Waals surface area contributed by atoms with Gasteiger partial charge < -0.3 is 11.1 Å². The summed E-state index contributed by atoms with van der Waals surface area (Å²) in [7, 11) is 0. The molecule has 1 aliphatic rings. The quantitative estimate of drug-likeness (QED) is 0.724. The molecule has 0 aromatic heterocycles. The molecule has 5 nitrogen and oxygen atoms in total. The molecule has 0 aliphatic carbocycles. The Morgan fingerprint density at radius 2 is 1.96 bits per heavy atom. The van der Waals surface area contributed by atoms with Crippen LogP contribution in [-0.2, 0) is 16.0 Å². The molecule has 3 atom stereocenters. The SMILES string of the molecule is CC(C)C[C@H](S)[C@H]1CC(=O)NC(C(N)=O)Cc2ccccc2C1=O. The highest BCUT2D eigenvalue weighted by Crippen LogP contribution is 2.28. The zero-order valence-electron chi connectivity index (χ0n) is 14.0. The zero-order valence-corrected chi connectivity index (χ0v) is 14.9. The number of nitrogens with one attached hydrogen (secondary N) is 1. The number of Topliss-reactive ketones (excluding diaryl/α,β-unsaturated/α-hetero) is 1. The molecule has 3 N–H and O–H groups in total. The molecule has 0 saturated heterocycles. The molecule has 2 rings (SSSR count). The second kappa shape index (κ2) is 7.83. The van der Waals surface area contributed by atoms with Gasteiger partial charge in [0.25, 0.3) is 0 Å². The van der Waals surface area contributed by atoms with Crippen LogP contribution in [0.3, 0.4) is 0 Å². The number of primary amides is 1. The zero-order chi connectivity index (χ0) is 17.9. The third-order valence-electron chi connectivity index (χ3n) is 4.30. The molecule has 130 valence electrons. The third kappa shape index (κ3) is 4.38. The van der Waals surface area contributed by atoms with Gasteiger partial charge in [0.1, 0.15) is 6.04 Å². The molecular weight excluding hydrogens is 324 g/mol. The van der Waals surface area contributed by atoms with Gasteiger partial charge in [0.2, 0.25) is 11.8 Å². The molecule has 1 aliphatic heterocycles. The number of amides is 2. The predicted octanol–water partition coefficient (Wildman–Crippen LogP) is 1.75. The van der Waals surface area contributed by atoms with Crippen molar-refractivity contribution in [3.63, 3.8) is 0 Å². The Kier molecular flexibility index (Phi) is 6.04. The first-order valence-electron chi connectivity index (χ1n) is 8.18. The summed E-state index contributed by atoms with van der Waals surface area (Å²) in [6, 6.07) is 6.33. The lowest BCUT2D eigenvalue weighted by molar-refractivity contribution is -0.127. The Morgan fingerprint density at radius 1 is 1.29 bits per heavy atom. The minimum atomic E-state index is -0.811. The maximum Gasteiger partial charge on any atom is 0.240 e. The van der Waals surface area contributed by atoms with Gasteiger partial charge >= 0.3 is 0 Å². The summed E-state index contributed by atoms with van der Waals surface area (Å²) in [5.41, 5.74) is 6.67. The summed E-state index contributed by atoms with van der Waals surface area (Å²) in [6.07, 6.45) is 0.961. The molecule has 1 aromatic carbocycles. The second-order valence-corrected chi connectivity index (χ2v) is 7.42. The van der Waals surface area contributed by atoms with E-state index in [1.165, 1.54) is 0 Å². The third-order valence-corrected chi connectivity index (χ3v) is 4.88. The molecule has 1 unspecified atom stereocenters. The molecule has 2 amide bonds. The number of carbonyl (C=O) groups excluding carboxylic acids is 3. The lowest BCUT2D eigenvalue weighted by atomic mass is 9.86. The second-order valence-electron chi connectivity index (χ2n) is 6.76. The van der Waals surface area contributed by atoms with Crippen LogP contribution in [0.25, 0.3) is 0 Å². The Labute approximate surface area is 147 Å². The van der Waals surface area contributed by atoms with Gasteiger partial charge in [-0.05, 0) is 17.9 Å². The molecule has 0 saturated carbocycles.